The fourth-order valence-electron chi connectivity index (χ4n) is 3.42. The maximum Gasteiger partial charge on any atom is 0.193 e. The number of hydrogen-bond acceptors (Lipinski definition) is 4. The van der Waals surface area contributed by atoms with E-state index in [9.17, 15) is 0 Å². The van der Waals surface area contributed by atoms with Gasteiger partial charge in [0.05, 0.1) is 13.2 Å². The van der Waals surface area contributed by atoms with Crippen molar-refractivity contribution in [2.45, 2.75) is 38.5 Å². The summed E-state index contributed by atoms with van der Waals surface area (Å²) in [5, 5.41) is 3.64. The number of nitrogens with zero attached hydrogens (tertiary/aromatic N) is 3. The minimum Gasteiger partial charge on any atom is -0.379 e. The van der Waals surface area contributed by atoms with Crippen molar-refractivity contribution in [2.75, 3.05) is 58.7 Å². The second-order valence-electron chi connectivity index (χ2n) is 7.42. The van der Waals surface area contributed by atoms with Crippen LogP contribution >= 0.6 is 11.8 Å². The third-order valence-corrected chi connectivity index (χ3v) is 5.99. The van der Waals surface area contributed by atoms with Crippen LogP contribution in [0.25, 0.3) is 0 Å². The number of ether oxygens (including phenoxy) is 1. The summed E-state index contributed by atoms with van der Waals surface area (Å²) in [6, 6.07) is 0.530. The summed E-state index contributed by atoms with van der Waals surface area (Å²) in [7, 11) is 1.90. The van der Waals surface area contributed by atoms with Gasteiger partial charge in [-0.1, -0.05) is 13.8 Å². The fraction of sp³-hybridized carbons (Fsp3) is 0.941. The van der Waals surface area contributed by atoms with Gasteiger partial charge in [-0.2, -0.15) is 11.8 Å². The first kappa shape index (κ1) is 18.9. The third-order valence-electron chi connectivity index (χ3n) is 4.69. The van der Waals surface area contributed by atoms with Crippen LogP contribution in [0.15, 0.2) is 4.99 Å². The molecule has 0 spiro atoms. The third kappa shape index (κ3) is 5.54. The van der Waals surface area contributed by atoms with Gasteiger partial charge in [-0.25, -0.2) is 0 Å². The second kappa shape index (κ2) is 8.58. The quantitative estimate of drug-likeness (QED) is 0.622. The van der Waals surface area contributed by atoms with Gasteiger partial charge in [0.2, 0.25) is 0 Å². The summed E-state index contributed by atoms with van der Waals surface area (Å²) in [6.07, 6.45) is 0. The number of aliphatic imine (C=N–C) groups is 1. The summed E-state index contributed by atoms with van der Waals surface area (Å²) in [5.41, 5.74) is 0. The Hall–Kier alpha value is -0.460. The predicted molar refractivity (Wildman–Crippen MR) is 100 cm³/mol. The zero-order chi connectivity index (χ0) is 16.9. The first-order valence-electron chi connectivity index (χ1n) is 8.84. The lowest BCUT2D eigenvalue weighted by Gasteiger charge is -2.41. The highest BCUT2D eigenvalue weighted by molar-refractivity contribution is 8.00. The molecule has 6 heteroatoms. The van der Waals surface area contributed by atoms with E-state index in [4.69, 9.17) is 4.74 Å². The van der Waals surface area contributed by atoms with Gasteiger partial charge in [0.1, 0.15) is 0 Å². The Morgan fingerprint density at radius 1 is 1.26 bits per heavy atom. The molecule has 5 nitrogen and oxygen atoms in total. The van der Waals surface area contributed by atoms with Crippen molar-refractivity contribution >= 4 is 17.7 Å². The van der Waals surface area contributed by atoms with E-state index in [1.54, 1.807) is 0 Å². The highest BCUT2D eigenvalue weighted by Gasteiger charge is 2.30. The standard InChI is InChI=1S/C17H34N4OS/c1-14(2)15(20-6-9-22-10-7-20)12-19-16(18-5)21-8-11-23-17(3,4)13-21/h14-15H,6-13H2,1-5H3,(H,18,19). The average Bonchev–Trinajstić information content (AvgIpc) is 2.51. The van der Waals surface area contributed by atoms with Gasteiger partial charge in [0.15, 0.2) is 5.96 Å². The number of hydrogen-bond donors (Lipinski definition) is 1. The van der Waals surface area contributed by atoms with E-state index in [0.29, 0.717) is 16.7 Å². The first-order chi connectivity index (χ1) is 10.9. The molecule has 1 unspecified atom stereocenters. The summed E-state index contributed by atoms with van der Waals surface area (Å²) in [4.78, 5) is 9.50. The van der Waals surface area contributed by atoms with Crippen molar-refractivity contribution in [3.63, 3.8) is 0 Å². The van der Waals surface area contributed by atoms with Crippen LogP contribution in [0.4, 0.5) is 0 Å². The maximum absolute atomic E-state index is 5.50. The summed E-state index contributed by atoms with van der Waals surface area (Å²) < 4.78 is 5.80. The molecule has 2 rings (SSSR count). The molecule has 2 aliphatic rings. The minimum absolute atomic E-state index is 0.303. The van der Waals surface area contributed by atoms with Crippen molar-refractivity contribution in [3.8, 4) is 0 Å². The molecule has 0 saturated carbocycles. The van der Waals surface area contributed by atoms with E-state index in [2.05, 4.69) is 59.6 Å². The molecule has 0 radical (unpaired) electrons. The molecule has 0 aromatic carbocycles. The van der Waals surface area contributed by atoms with E-state index in [-0.39, 0.29) is 0 Å². The highest BCUT2D eigenvalue weighted by Crippen LogP contribution is 2.29. The zero-order valence-electron chi connectivity index (χ0n) is 15.5. The second-order valence-corrected chi connectivity index (χ2v) is 9.22. The van der Waals surface area contributed by atoms with Crippen LogP contribution < -0.4 is 5.32 Å². The highest BCUT2D eigenvalue weighted by atomic mass is 32.2. The summed E-state index contributed by atoms with van der Waals surface area (Å²) in [5.74, 6) is 2.84. The van der Waals surface area contributed by atoms with E-state index < -0.39 is 0 Å². The van der Waals surface area contributed by atoms with E-state index in [0.717, 1.165) is 51.9 Å². The molecule has 2 saturated heterocycles. The molecule has 0 amide bonds. The zero-order valence-corrected chi connectivity index (χ0v) is 16.3. The molecule has 0 aliphatic carbocycles. The summed E-state index contributed by atoms with van der Waals surface area (Å²) in [6.45, 7) is 16.1. The Labute approximate surface area is 146 Å². The van der Waals surface area contributed by atoms with Crippen LogP contribution in [0.1, 0.15) is 27.7 Å². The van der Waals surface area contributed by atoms with Crippen LogP contribution in [-0.4, -0.2) is 85.3 Å². The molecular formula is C17H34N4OS. The largest absolute Gasteiger partial charge is 0.379 e. The molecule has 0 aromatic rings. The summed E-state index contributed by atoms with van der Waals surface area (Å²) >= 11 is 2.06. The Bertz CT molecular complexity index is 394. The van der Waals surface area contributed by atoms with E-state index in [1.807, 2.05) is 7.05 Å². The Morgan fingerprint density at radius 2 is 1.96 bits per heavy atom. The topological polar surface area (TPSA) is 40.1 Å². The molecule has 2 heterocycles. The molecular weight excluding hydrogens is 308 g/mol. The van der Waals surface area contributed by atoms with Gasteiger partial charge >= 0.3 is 0 Å². The average molecular weight is 343 g/mol. The monoisotopic (exact) mass is 342 g/mol. The van der Waals surface area contributed by atoms with Crippen LogP contribution in [0, 0.1) is 5.92 Å². The van der Waals surface area contributed by atoms with Crippen LogP contribution in [0.2, 0.25) is 0 Å². The fourth-order valence-corrected chi connectivity index (χ4v) is 4.53. The van der Waals surface area contributed by atoms with E-state index >= 15 is 0 Å². The van der Waals surface area contributed by atoms with Gasteiger partial charge in [-0.15, -0.1) is 0 Å². The molecule has 2 fully saturated rings. The van der Waals surface area contributed by atoms with Crippen LogP contribution in [-0.2, 0) is 4.74 Å². The van der Waals surface area contributed by atoms with Crippen molar-refractivity contribution in [1.29, 1.82) is 0 Å². The van der Waals surface area contributed by atoms with Gasteiger partial charge in [0.25, 0.3) is 0 Å². The normalized spacial score (nSPS) is 24.8. The number of nitrogens with one attached hydrogen (secondary N) is 1. The van der Waals surface area contributed by atoms with Crippen LogP contribution in [0.3, 0.4) is 0 Å². The van der Waals surface area contributed by atoms with Gasteiger partial charge < -0.3 is 15.0 Å². The molecule has 0 bridgehead atoms. The molecule has 1 N–H and O–H groups in total. The van der Waals surface area contributed by atoms with Crippen molar-refractivity contribution in [2.24, 2.45) is 10.9 Å². The van der Waals surface area contributed by atoms with Gasteiger partial charge in [0, 0.05) is 56.3 Å². The number of rotatable bonds is 4. The smallest absolute Gasteiger partial charge is 0.193 e. The van der Waals surface area contributed by atoms with Crippen molar-refractivity contribution in [3.05, 3.63) is 0 Å². The lowest BCUT2D eigenvalue weighted by atomic mass is 10.0. The Morgan fingerprint density at radius 3 is 2.52 bits per heavy atom. The number of guanidine groups is 1. The molecule has 23 heavy (non-hydrogen) atoms. The van der Waals surface area contributed by atoms with Gasteiger partial charge in [-0.3, -0.25) is 9.89 Å². The molecule has 1 atom stereocenters. The molecule has 134 valence electrons. The van der Waals surface area contributed by atoms with Crippen LogP contribution in [0.5, 0.6) is 0 Å². The number of thioether (sulfide) groups is 1. The molecule has 0 aromatic heterocycles. The Kier molecular flexibility index (Phi) is 7.04. The van der Waals surface area contributed by atoms with Crippen molar-refractivity contribution in [1.82, 2.24) is 15.1 Å². The van der Waals surface area contributed by atoms with E-state index in [1.165, 1.54) is 5.75 Å². The lowest BCUT2D eigenvalue weighted by molar-refractivity contribution is 0.00739. The SMILES string of the molecule is CN=C(NCC(C(C)C)N1CCOCC1)N1CCSC(C)(C)C1. The lowest BCUT2D eigenvalue weighted by Crippen LogP contribution is -2.55. The maximum atomic E-state index is 5.50. The molecule has 2 aliphatic heterocycles. The first-order valence-corrected chi connectivity index (χ1v) is 9.83. The van der Waals surface area contributed by atoms with Crippen molar-refractivity contribution < 1.29 is 4.74 Å². The Balaban J connectivity index is 1.92. The minimum atomic E-state index is 0.303. The van der Waals surface area contributed by atoms with Gasteiger partial charge in [-0.05, 0) is 19.8 Å². The predicted octanol–water partition coefficient (Wildman–Crippen LogP) is 1.75. The number of morpholine rings is 1.